The highest BCUT2D eigenvalue weighted by atomic mass is 16.7. The fraction of sp³-hybridized carbons (Fsp3) is 0.714. The zero-order chi connectivity index (χ0) is 46.2. The lowest BCUT2D eigenvalue weighted by atomic mass is 9.81. The molecule has 1 aromatic carbocycles. The van der Waals surface area contributed by atoms with Crippen LogP contribution in [-0.2, 0) is 42.9 Å². The summed E-state index contributed by atoms with van der Waals surface area (Å²) in [7, 11) is 4.70. The minimum absolute atomic E-state index is 0.00717. The van der Waals surface area contributed by atoms with Crippen molar-refractivity contribution in [2.45, 2.75) is 167 Å². The molecule has 1 aromatic rings. The van der Waals surface area contributed by atoms with E-state index >= 15 is 0 Å². The number of aliphatic hydroxyl groups is 2. The number of benzene rings is 1. The van der Waals surface area contributed by atoms with Crippen LogP contribution in [0.5, 0.6) is 11.5 Å². The van der Waals surface area contributed by atoms with Crippen molar-refractivity contribution in [3.05, 3.63) is 47.6 Å². The molecule has 14 nitrogen and oxygen atoms in total. The van der Waals surface area contributed by atoms with Gasteiger partial charge in [0.2, 0.25) is 5.79 Å². The van der Waals surface area contributed by atoms with E-state index in [0.29, 0.717) is 56.3 Å². The number of hydrogen-bond acceptors (Lipinski definition) is 13. The van der Waals surface area contributed by atoms with Gasteiger partial charge in [-0.1, -0.05) is 45.4 Å². The number of Topliss-reactive ketones (excluding diaryl/α,β-unsaturated/α-hetero) is 2. The Morgan fingerprint density at radius 2 is 1.56 bits per heavy atom. The average Bonchev–Trinajstić information content (AvgIpc) is 3.27. The van der Waals surface area contributed by atoms with Gasteiger partial charge in [0.15, 0.2) is 0 Å². The summed E-state index contributed by atoms with van der Waals surface area (Å²) in [6, 6.07) is 5.41. The van der Waals surface area contributed by atoms with Crippen LogP contribution in [-0.4, -0.2) is 126 Å². The molecule has 3 aliphatic heterocycles. The highest BCUT2D eigenvalue weighted by Gasteiger charge is 2.56. The second-order valence-corrected chi connectivity index (χ2v) is 18.7. The number of nitrogens with zero attached hydrogens (tertiary/aromatic N) is 1. The quantitative estimate of drug-likeness (QED) is 0.151. The second-order valence-electron chi connectivity index (χ2n) is 18.7. The predicted octanol–water partition coefficient (Wildman–Crippen LogP) is 6.27. The molecule has 352 valence electrons. The maximum Gasteiger partial charge on any atom is 0.329 e. The Balaban J connectivity index is 1.48. The van der Waals surface area contributed by atoms with E-state index < -0.39 is 77.8 Å². The molecule has 14 unspecified atom stereocenters. The predicted molar refractivity (Wildman–Crippen MR) is 235 cm³/mol. The fourth-order valence-electron chi connectivity index (χ4n) is 10.2. The van der Waals surface area contributed by atoms with Crippen molar-refractivity contribution >= 4 is 23.4 Å². The standard InChI is InChI=1S/C49H73NO13/c1-10-34-22-28(2)21-29(3)23-42(59-8)45-43(60-9)25-31(5)49(57,63-45)46(54)47(55)50-20-12-11-13-37(50)48(56)62-44(32(6)38(52)27-39(34)53)30(4)24-33-14-19-40(41(26-33)58-7)61-36-17-15-35(51)16-18-36/h15-18,22,24,29,31-34,37-38,40-45,51-52,57H,10-14,19-21,23,25-27H2,1-9H3. The zero-order valence-corrected chi connectivity index (χ0v) is 38.8. The number of methoxy groups -OCH3 is 3. The smallest absolute Gasteiger partial charge is 0.329 e. The first kappa shape index (κ1) is 50.3. The molecule has 1 saturated carbocycles. The van der Waals surface area contributed by atoms with Gasteiger partial charge in [-0.2, -0.15) is 0 Å². The average molecular weight is 884 g/mol. The minimum Gasteiger partial charge on any atom is -0.508 e. The van der Waals surface area contributed by atoms with Crippen molar-refractivity contribution in [3.8, 4) is 11.5 Å². The number of ketones is 2. The van der Waals surface area contributed by atoms with Gasteiger partial charge in [-0.05, 0) is 120 Å². The van der Waals surface area contributed by atoms with Gasteiger partial charge in [0, 0.05) is 52.0 Å². The number of amides is 1. The number of fused-ring (bicyclic) bond motifs is 3. The summed E-state index contributed by atoms with van der Waals surface area (Å²) in [6.07, 6.45) is 4.29. The van der Waals surface area contributed by atoms with Crippen molar-refractivity contribution < 1.29 is 62.9 Å². The molecule has 1 amide bonds. The molecule has 2 bridgehead atoms. The zero-order valence-electron chi connectivity index (χ0n) is 38.8. The summed E-state index contributed by atoms with van der Waals surface area (Å²) in [6.45, 7) is 11.3. The van der Waals surface area contributed by atoms with Gasteiger partial charge >= 0.3 is 5.97 Å². The maximum atomic E-state index is 14.5. The molecule has 14 heteroatoms. The van der Waals surface area contributed by atoms with Gasteiger partial charge in [-0.3, -0.25) is 14.4 Å². The molecule has 5 rings (SSSR count). The lowest BCUT2D eigenvalue weighted by Crippen LogP contribution is -2.64. The number of ether oxygens (including phenoxy) is 6. The van der Waals surface area contributed by atoms with Gasteiger partial charge < -0.3 is 48.6 Å². The molecule has 14 atom stereocenters. The summed E-state index contributed by atoms with van der Waals surface area (Å²) < 4.78 is 36.5. The number of piperidine rings is 1. The molecule has 2 saturated heterocycles. The van der Waals surface area contributed by atoms with Crippen LogP contribution in [0.25, 0.3) is 0 Å². The lowest BCUT2D eigenvalue weighted by molar-refractivity contribution is -0.302. The first-order valence-electron chi connectivity index (χ1n) is 23.0. The van der Waals surface area contributed by atoms with Crippen molar-refractivity contribution in [1.82, 2.24) is 4.90 Å². The molecular formula is C49H73NO13. The normalized spacial score (nSPS) is 37.3. The molecule has 3 N–H and O–H groups in total. The van der Waals surface area contributed by atoms with Crippen LogP contribution in [0.3, 0.4) is 0 Å². The van der Waals surface area contributed by atoms with E-state index in [1.165, 1.54) is 19.1 Å². The molecule has 0 spiro atoms. The van der Waals surface area contributed by atoms with Gasteiger partial charge in [0.05, 0.1) is 24.4 Å². The van der Waals surface area contributed by atoms with Crippen molar-refractivity contribution in [1.29, 1.82) is 0 Å². The summed E-state index contributed by atoms with van der Waals surface area (Å²) in [5, 5.41) is 33.6. The highest BCUT2D eigenvalue weighted by molar-refractivity contribution is 6.39. The van der Waals surface area contributed by atoms with Crippen LogP contribution < -0.4 is 4.74 Å². The number of aromatic hydroxyl groups is 1. The summed E-state index contributed by atoms with van der Waals surface area (Å²) >= 11 is 0. The number of rotatable bonds is 8. The maximum absolute atomic E-state index is 14.5. The van der Waals surface area contributed by atoms with Crippen molar-refractivity contribution in [2.75, 3.05) is 27.9 Å². The van der Waals surface area contributed by atoms with Crippen molar-refractivity contribution in [2.24, 2.45) is 29.6 Å². The highest BCUT2D eigenvalue weighted by Crippen LogP contribution is 2.39. The number of carbonyl (C=O) groups is 4. The van der Waals surface area contributed by atoms with Gasteiger partial charge in [0.25, 0.3) is 11.7 Å². The van der Waals surface area contributed by atoms with E-state index in [-0.39, 0.29) is 61.4 Å². The van der Waals surface area contributed by atoms with Crippen LogP contribution in [0.2, 0.25) is 0 Å². The number of esters is 1. The number of carbonyl (C=O) groups excluding carboxylic acids is 4. The Morgan fingerprint density at radius 1 is 0.889 bits per heavy atom. The summed E-state index contributed by atoms with van der Waals surface area (Å²) in [4.78, 5) is 58.2. The van der Waals surface area contributed by atoms with Crippen LogP contribution in [0, 0.1) is 29.6 Å². The number of phenolic OH excluding ortho intramolecular Hbond substituents is 1. The number of allylic oxidation sites excluding steroid dienone is 3. The molecule has 63 heavy (non-hydrogen) atoms. The Morgan fingerprint density at radius 3 is 2.21 bits per heavy atom. The third-order valence-electron chi connectivity index (χ3n) is 14.0. The number of aliphatic hydroxyl groups excluding tert-OH is 1. The number of phenols is 1. The summed E-state index contributed by atoms with van der Waals surface area (Å²) in [5.74, 6) is -6.82. The van der Waals surface area contributed by atoms with Crippen LogP contribution in [0.1, 0.15) is 112 Å². The largest absolute Gasteiger partial charge is 0.508 e. The van der Waals surface area contributed by atoms with Gasteiger partial charge in [-0.25, -0.2) is 4.79 Å². The van der Waals surface area contributed by atoms with E-state index in [2.05, 4.69) is 6.92 Å². The monoisotopic (exact) mass is 884 g/mol. The van der Waals surface area contributed by atoms with E-state index in [0.717, 1.165) is 12.0 Å². The van der Waals surface area contributed by atoms with E-state index in [1.807, 2.05) is 32.9 Å². The van der Waals surface area contributed by atoms with E-state index in [1.54, 1.807) is 45.2 Å². The molecular weight excluding hydrogens is 811 g/mol. The SMILES string of the molecule is CCC1C=C(C)CC(C)CC(OC)C2OC(O)(C(=O)C(=O)N3CCCCC3C(=O)OC(C(C)=CC3CCC(Oc4ccc(O)cc4)C(OC)C3)C(C)C(O)CC1=O)C(C)CC2OC. The third kappa shape index (κ3) is 12.2. The Labute approximate surface area is 373 Å². The van der Waals surface area contributed by atoms with Crippen LogP contribution >= 0.6 is 0 Å². The minimum atomic E-state index is -2.51. The summed E-state index contributed by atoms with van der Waals surface area (Å²) in [5.41, 5.74) is 1.66. The van der Waals surface area contributed by atoms with Crippen LogP contribution in [0.15, 0.2) is 47.6 Å². The lowest BCUT2D eigenvalue weighted by Gasteiger charge is -2.47. The Bertz CT molecular complexity index is 1780. The topological polar surface area (TPSA) is 188 Å². The van der Waals surface area contributed by atoms with Gasteiger partial charge in [0.1, 0.15) is 41.6 Å². The molecule has 0 radical (unpaired) electrons. The van der Waals surface area contributed by atoms with Crippen LogP contribution in [0.4, 0.5) is 0 Å². The van der Waals surface area contributed by atoms with E-state index in [4.69, 9.17) is 28.4 Å². The van der Waals surface area contributed by atoms with Gasteiger partial charge in [-0.15, -0.1) is 0 Å². The molecule has 3 heterocycles. The third-order valence-corrected chi connectivity index (χ3v) is 14.0. The molecule has 1 aliphatic carbocycles. The number of hydrogen-bond donors (Lipinski definition) is 3. The first-order chi connectivity index (χ1) is 29.9. The molecule has 3 fully saturated rings. The fourth-order valence-corrected chi connectivity index (χ4v) is 10.2. The Kier molecular flexibility index (Phi) is 18.0. The first-order valence-corrected chi connectivity index (χ1v) is 23.0. The Hall–Kier alpha value is -3.66. The van der Waals surface area contributed by atoms with E-state index in [9.17, 15) is 34.5 Å². The number of cyclic esters (lactones) is 1. The molecule has 0 aromatic heterocycles. The van der Waals surface area contributed by atoms with Crippen molar-refractivity contribution in [3.63, 3.8) is 0 Å². The second kappa shape index (κ2) is 22.5. The molecule has 4 aliphatic rings.